The number of hydrogen-bond acceptors (Lipinski definition) is 4. The molecule has 4 nitrogen and oxygen atoms in total. The van der Waals surface area contributed by atoms with Gasteiger partial charge >= 0.3 is 0 Å². The molecule has 0 aromatic carbocycles. The quantitative estimate of drug-likeness (QED) is 0.741. The van der Waals surface area contributed by atoms with Crippen LogP contribution < -0.4 is 10.2 Å². The molecule has 0 fully saturated rings. The van der Waals surface area contributed by atoms with Crippen LogP contribution in [-0.2, 0) is 6.42 Å². The van der Waals surface area contributed by atoms with Gasteiger partial charge < -0.3 is 10.2 Å². The van der Waals surface area contributed by atoms with Crippen LogP contribution in [0.4, 0.5) is 11.6 Å². The minimum Gasteiger partial charge on any atom is -0.370 e. The Kier molecular flexibility index (Phi) is 7.23. The van der Waals surface area contributed by atoms with E-state index in [-0.39, 0.29) is 0 Å². The van der Waals surface area contributed by atoms with Gasteiger partial charge in [-0.15, -0.1) is 0 Å². The van der Waals surface area contributed by atoms with E-state index in [1.807, 2.05) is 0 Å². The maximum Gasteiger partial charge on any atom is 0.134 e. The molecule has 0 atom stereocenters. The van der Waals surface area contributed by atoms with Crippen LogP contribution >= 0.6 is 0 Å². The first-order valence-electron chi connectivity index (χ1n) is 7.61. The molecule has 4 heteroatoms. The molecule has 1 N–H and O–H groups in total. The van der Waals surface area contributed by atoms with Crippen molar-refractivity contribution in [2.24, 2.45) is 0 Å². The van der Waals surface area contributed by atoms with E-state index < -0.39 is 0 Å². The normalized spacial score (nSPS) is 10.5. The molecule has 1 aromatic rings. The Hall–Kier alpha value is -1.32. The van der Waals surface area contributed by atoms with E-state index in [0.29, 0.717) is 0 Å². The summed E-state index contributed by atoms with van der Waals surface area (Å²) < 4.78 is 0. The topological polar surface area (TPSA) is 41.0 Å². The summed E-state index contributed by atoms with van der Waals surface area (Å²) in [4.78, 5) is 11.6. The summed E-state index contributed by atoms with van der Waals surface area (Å²) >= 11 is 0. The highest BCUT2D eigenvalue weighted by atomic mass is 15.2. The van der Waals surface area contributed by atoms with Crippen LogP contribution in [0.3, 0.4) is 0 Å². The summed E-state index contributed by atoms with van der Waals surface area (Å²) in [5.41, 5.74) is 0. The lowest BCUT2D eigenvalue weighted by atomic mass is 10.3. The van der Waals surface area contributed by atoms with Crippen LogP contribution in [0.1, 0.15) is 52.8 Å². The SMILES string of the molecule is CCCCN(CC)c1cc(NCC)nc(CCC)n1. The Bertz CT molecular complexity index is 341. The molecule has 108 valence electrons. The van der Waals surface area contributed by atoms with Crippen LogP contribution in [0, 0.1) is 0 Å². The zero-order valence-electron chi connectivity index (χ0n) is 12.9. The number of nitrogens with one attached hydrogen (secondary N) is 1. The van der Waals surface area contributed by atoms with Crippen molar-refractivity contribution in [1.82, 2.24) is 9.97 Å². The Morgan fingerprint density at radius 1 is 1.11 bits per heavy atom. The van der Waals surface area contributed by atoms with Gasteiger partial charge in [0.25, 0.3) is 0 Å². The molecule has 0 amide bonds. The van der Waals surface area contributed by atoms with E-state index in [4.69, 9.17) is 4.98 Å². The van der Waals surface area contributed by atoms with Crippen LogP contribution in [0.15, 0.2) is 6.07 Å². The second-order valence-electron chi connectivity index (χ2n) is 4.74. The lowest BCUT2D eigenvalue weighted by Crippen LogP contribution is -2.25. The molecule has 19 heavy (non-hydrogen) atoms. The zero-order chi connectivity index (χ0) is 14.1. The number of hydrogen-bond donors (Lipinski definition) is 1. The minimum atomic E-state index is 0.892. The third-order valence-corrected chi connectivity index (χ3v) is 3.08. The van der Waals surface area contributed by atoms with Crippen molar-refractivity contribution in [3.63, 3.8) is 0 Å². The molecule has 0 saturated heterocycles. The highest BCUT2D eigenvalue weighted by Crippen LogP contribution is 2.17. The van der Waals surface area contributed by atoms with E-state index in [1.165, 1.54) is 12.8 Å². The molecular weight excluding hydrogens is 236 g/mol. The highest BCUT2D eigenvalue weighted by molar-refractivity contribution is 5.49. The van der Waals surface area contributed by atoms with E-state index in [1.54, 1.807) is 0 Å². The van der Waals surface area contributed by atoms with Crippen molar-refractivity contribution in [3.05, 3.63) is 11.9 Å². The fourth-order valence-corrected chi connectivity index (χ4v) is 2.04. The van der Waals surface area contributed by atoms with Gasteiger partial charge in [-0.05, 0) is 26.7 Å². The second kappa shape index (κ2) is 8.73. The smallest absolute Gasteiger partial charge is 0.134 e. The molecule has 0 saturated carbocycles. The van der Waals surface area contributed by atoms with Crippen LogP contribution in [-0.4, -0.2) is 29.6 Å². The highest BCUT2D eigenvalue weighted by Gasteiger charge is 2.09. The number of unbranched alkanes of at least 4 members (excludes halogenated alkanes) is 1. The van der Waals surface area contributed by atoms with Gasteiger partial charge in [-0.2, -0.15) is 0 Å². The summed E-state index contributed by atoms with van der Waals surface area (Å²) in [7, 11) is 0. The van der Waals surface area contributed by atoms with Gasteiger partial charge in [0.1, 0.15) is 17.5 Å². The Morgan fingerprint density at radius 2 is 1.89 bits per heavy atom. The molecule has 0 radical (unpaired) electrons. The molecule has 0 bridgehead atoms. The van der Waals surface area contributed by atoms with Crippen LogP contribution in [0.25, 0.3) is 0 Å². The number of aromatic nitrogens is 2. The Balaban J connectivity index is 2.94. The van der Waals surface area contributed by atoms with Crippen molar-refractivity contribution in [2.45, 2.75) is 53.4 Å². The molecule has 0 aliphatic carbocycles. The number of aryl methyl sites for hydroxylation is 1. The van der Waals surface area contributed by atoms with E-state index in [0.717, 1.165) is 49.9 Å². The molecular formula is C15H28N4. The van der Waals surface area contributed by atoms with Crippen LogP contribution in [0.2, 0.25) is 0 Å². The second-order valence-corrected chi connectivity index (χ2v) is 4.74. The summed E-state index contributed by atoms with van der Waals surface area (Å²) in [6.07, 6.45) is 4.44. The monoisotopic (exact) mass is 264 g/mol. The lowest BCUT2D eigenvalue weighted by molar-refractivity contribution is 0.716. The van der Waals surface area contributed by atoms with Crippen LogP contribution in [0.5, 0.6) is 0 Å². The summed E-state index contributed by atoms with van der Waals surface area (Å²) in [6.45, 7) is 11.6. The molecule has 1 heterocycles. The fourth-order valence-electron chi connectivity index (χ4n) is 2.04. The zero-order valence-corrected chi connectivity index (χ0v) is 12.9. The van der Waals surface area contributed by atoms with Crippen molar-refractivity contribution in [1.29, 1.82) is 0 Å². The average molecular weight is 264 g/mol. The van der Waals surface area contributed by atoms with Gasteiger partial charge in [0.15, 0.2) is 0 Å². The Morgan fingerprint density at radius 3 is 2.47 bits per heavy atom. The average Bonchev–Trinajstić information content (AvgIpc) is 2.40. The van der Waals surface area contributed by atoms with Gasteiger partial charge in [0, 0.05) is 32.1 Å². The predicted molar refractivity (Wildman–Crippen MR) is 83.0 cm³/mol. The first kappa shape index (κ1) is 15.7. The summed E-state index contributed by atoms with van der Waals surface area (Å²) in [5, 5.41) is 3.30. The van der Waals surface area contributed by atoms with E-state index in [2.05, 4.69) is 49.0 Å². The Labute approximate surface area is 117 Å². The van der Waals surface area contributed by atoms with Gasteiger partial charge in [0.05, 0.1) is 0 Å². The molecule has 1 rings (SSSR count). The van der Waals surface area contributed by atoms with Gasteiger partial charge in [-0.1, -0.05) is 20.3 Å². The number of anilines is 2. The third kappa shape index (κ3) is 5.05. The van der Waals surface area contributed by atoms with Crippen molar-refractivity contribution in [2.75, 3.05) is 29.9 Å². The first-order chi connectivity index (χ1) is 9.24. The van der Waals surface area contributed by atoms with Gasteiger partial charge in [0.2, 0.25) is 0 Å². The van der Waals surface area contributed by atoms with Crippen molar-refractivity contribution >= 4 is 11.6 Å². The van der Waals surface area contributed by atoms with E-state index >= 15 is 0 Å². The largest absolute Gasteiger partial charge is 0.370 e. The molecule has 0 unspecified atom stereocenters. The van der Waals surface area contributed by atoms with Gasteiger partial charge in [-0.3, -0.25) is 0 Å². The van der Waals surface area contributed by atoms with E-state index in [9.17, 15) is 0 Å². The molecule has 1 aromatic heterocycles. The standard InChI is InChI=1S/C15H28N4/c1-5-9-11-19(8-4)15-12-14(16-7-3)17-13(18-15)10-6-2/h12H,5-11H2,1-4H3,(H,16,17,18). The summed E-state index contributed by atoms with van der Waals surface area (Å²) in [5.74, 6) is 2.96. The number of nitrogens with zero attached hydrogens (tertiary/aromatic N) is 3. The molecule has 0 aliphatic rings. The fraction of sp³-hybridized carbons (Fsp3) is 0.733. The van der Waals surface area contributed by atoms with Crippen molar-refractivity contribution in [3.8, 4) is 0 Å². The molecule has 0 spiro atoms. The maximum atomic E-state index is 4.70. The predicted octanol–water partition coefficient (Wildman–Crippen LogP) is 3.49. The lowest BCUT2D eigenvalue weighted by Gasteiger charge is -2.22. The maximum absolute atomic E-state index is 4.70. The summed E-state index contributed by atoms with van der Waals surface area (Å²) in [6, 6.07) is 2.07. The van der Waals surface area contributed by atoms with Gasteiger partial charge in [-0.25, -0.2) is 9.97 Å². The third-order valence-electron chi connectivity index (χ3n) is 3.08. The number of rotatable bonds is 9. The minimum absolute atomic E-state index is 0.892. The first-order valence-corrected chi connectivity index (χ1v) is 7.61. The van der Waals surface area contributed by atoms with Crippen molar-refractivity contribution < 1.29 is 0 Å². The molecule has 0 aliphatic heterocycles.